The van der Waals surface area contributed by atoms with Gasteiger partial charge < -0.3 is 24.5 Å². The van der Waals surface area contributed by atoms with Crippen molar-refractivity contribution in [1.82, 2.24) is 24.8 Å². The largest absolute Gasteiger partial charge is 0.494 e. The zero-order chi connectivity index (χ0) is 32.6. The number of ether oxygens (including phenoxy) is 1. The Morgan fingerprint density at radius 3 is 2.59 bits per heavy atom. The monoisotopic (exact) mass is 708 g/mol. The van der Waals surface area contributed by atoms with E-state index >= 15 is 0 Å². The first-order valence-electron chi connectivity index (χ1n) is 15.4. The Hall–Kier alpha value is -3.68. The van der Waals surface area contributed by atoms with E-state index in [1.54, 1.807) is 38.4 Å². The number of likely N-dealkylation sites (tertiary alicyclic amines) is 1. The second-order valence-corrected chi connectivity index (χ2v) is 14.4. The Morgan fingerprint density at radius 1 is 1.15 bits per heavy atom. The van der Waals surface area contributed by atoms with Gasteiger partial charge in [-0.1, -0.05) is 45.4 Å². The molecule has 2 aromatic carbocycles. The molecule has 0 aliphatic carbocycles. The Balaban J connectivity index is 1.36. The van der Waals surface area contributed by atoms with Crippen LogP contribution in [-0.4, -0.2) is 101 Å². The lowest BCUT2D eigenvalue weighted by Crippen LogP contribution is -2.56. The summed E-state index contributed by atoms with van der Waals surface area (Å²) in [5.74, 6) is -1.48. The van der Waals surface area contributed by atoms with Crippen LogP contribution in [0.2, 0.25) is 0 Å². The lowest BCUT2D eigenvalue weighted by atomic mass is 9.70. The minimum Gasteiger partial charge on any atom is -0.494 e. The van der Waals surface area contributed by atoms with Gasteiger partial charge >= 0.3 is 0 Å². The van der Waals surface area contributed by atoms with Gasteiger partial charge in [-0.3, -0.25) is 14.4 Å². The molecule has 6 rings (SSSR count). The first kappa shape index (κ1) is 32.3. The molecule has 4 heterocycles. The number of aromatic nitrogens is 3. The smallest absolute Gasteiger partial charge is 0.248 e. The summed E-state index contributed by atoms with van der Waals surface area (Å²) < 4.78 is 6.37. The summed E-state index contributed by atoms with van der Waals surface area (Å²) in [6.45, 7) is 10.4. The summed E-state index contributed by atoms with van der Waals surface area (Å²) in [6, 6.07) is 13.9. The van der Waals surface area contributed by atoms with Crippen LogP contribution < -0.4 is 9.64 Å². The number of benzene rings is 2. The highest BCUT2D eigenvalue weighted by molar-refractivity contribution is 9.09. The zero-order valence-corrected chi connectivity index (χ0v) is 28.0. The number of para-hydroxylation sites is 1. The van der Waals surface area contributed by atoms with Crippen LogP contribution in [0.5, 0.6) is 5.75 Å². The quantitative estimate of drug-likeness (QED) is 0.212. The number of β-amino-alcohol motifs (C(OH)–C–C–N with tert-alkyl or cyclic N) is 1. The van der Waals surface area contributed by atoms with Crippen LogP contribution in [0.25, 0.3) is 11.0 Å². The summed E-state index contributed by atoms with van der Waals surface area (Å²) in [4.78, 5) is 48.2. The molecule has 3 aliphatic rings. The van der Waals surface area contributed by atoms with Crippen molar-refractivity contribution in [3.63, 3.8) is 0 Å². The van der Waals surface area contributed by atoms with Crippen molar-refractivity contribution >= 4 is 62.1 Å². The van der Waals surface area contributed by atoms with Gasteiger partial charge in [0.25, 0.3) is 0 Å². The number of aliphatic hydroxyl groups excluding tert-OH is 1. The predicted molar refractivity (Wildman–Crippen MR) is 181 cm³/mol. The fraction of sp³-hybridized carbons (Fsp3) is 0.424. The molecule has 0 saturated carbocycles. The Morgan fingerprint density at radius 2 is 1.89 bits per heavy atom. The van der Waals surface area contributed by atoms with E-state index in [1.165, 1.54) is 4.90 Å². The van der Waals surface area contributed by atoms with E-state index < -0.39 is 22.6 Å². The van der Waals surface area contributed by atoms with Crippen LogP contribution in [0.15, 0.2) is 73.8 Å². The van der Waals surface area contributed by atoms with Gasteiger partial charge in [0, 0.05) is 35.4 Å². The molecule has 2 bridgehead atoms. The molecular weight excluding hydrogens is 672 g/mol. The molecule has 6 atom stereocenters. The second-order valence-electron chi connectivity index (χ2n) is 11.7. The summed E-state index contributed by atoms with van der Waals surface area (Å²) in [5.41, 5.74) is 2.15. The topological polar surface area (TPSA) is 121 Å². The molecule has 242 valence electrons. The third kappa shape index (κ3) is 5.31. The maximum absolute atomic E-state index is 14.7. The maximum atomic E-state index is 14.7. The molecule has 46 heavy (non-hydrogen) atoms. The number of nitrogens with zero attached hydrogens (tertiary/aromatic N) is 6. The highest BCUT2D eigenvalue weighted by Gasteiger charge is 2.76. The number of anilines is 1. The third-order valence-corrected chi connectivity index (χ3v) is 12.3. The Bertz CT molecular complexity index is 1650. The lowest BCUT2D eigenvalue weighted by Gasteiger charge is -2.38. The van der Waals surface area contributed by atoms with Crippen LogP contribution in [-0.2, 0) is 21.1 Å². The Labute approximate surface area is 280 Å². The molecule has 13 heteroatoms. The average Bonchev–Trinajstić information content (AvgIpc) is 3.77. The number of carbonyl (C=O) groups excluding carboxylic acids is 3. The van der Waals surface area contributed by atoms with Crippen molar-refractivity contribution in [2.45, 2.75) is 40.9 Å². The van der Waals surface area contributed by atoms with E-state index in [9.17, 15) is 19.5 Å². The molecule has 3 unspecified atom stereocenters. The summed E-state index contributed by atoms with van der Waals surface area (Å²) in [6.07, 6.45) is 3.83. The number of fused-ring (bicyclic) bond motifs is 2. The highest BCUT2D eigenvalue weighted by Crippen LogP contribution is 2.68. The van der Waals surface area contributed by atoms with Gasteiger partial charge in [0.15, 0.2) is 0 Å². The van der Waals surface area contributed by atoms with Gasteiger partial charge in [0.1, 0.15) is 24.0 Å². The first-order valence-corrected chi connectivity index (χ1v) is 17.1. The summed E-state index contributed by atoms with van der Waals surface area (Å²) >= 11 is 5.39. The van der Waals surface area contributed by atoms with E-state index in [0.29, 0.717) is 30.0 Å². The van der Waals surface area contributed by atoms with Gasteiger partial charge in [-0.2, -0.15) is 0 Å². The molecule has 3 aromatic rings. The zero-order valence-electron chi connectivity index (χ0n) is 25.6. The lowest BCUT2D eigenvalue weighted by molar-refractivity contribution is -0.144. The normalized spacial score (nSPS) is 26.3. The number of hydrogen-bond acceptors (Lipinski definition) is 8. The van der Waals surface area contributed by atoms with E-state index in [1.807, 2.05) is 55.5 Å². The van der Waals surface area contributed by atoms with Crippen molar-refractivity contribution in [2.75, 3.05) is 37.7 Å². The fourth-order valence-corrected chi connectivity index (χ4v) is 10.9. The standard InChI is InChI=1S/C33H37BrN6O5S/c1-4-15-37(20-40-25-10-8-7-9-24(25)35-36-40)32(44)29-33-19-23(34)28(46-33)26(27(33)31(43)39(29)17-18-41)30(42)38(16-5-2)21-11-13-22(14-12-21)45-6-3/h4-5,7-14,23,26-29,41H,1-2,6,15-20H2,3H3/t23?,26-,27+,28-,29?,33?/m1/s1. The van der Waals surface area contributed by atoms with E-state index in [2.05, 4.69) is 39.4 Å². The highest BCUT2D eigenvalue weighted by atomic mass is 79.9. The van der Waals surface area contributed by atoms with E-state index in [4.69, 9.17) is 4.74 Å². The Kier molecular flexibility index (Phi) is 9.26. The molecule has 11 nitrogen and oxygen atoms in total. The molecule has 1 N–H and O–H groups in total. The summed E-state index contributed by atoms with van der Waals surface area (Å²) in [7, 11) is 0. The molecule has 3 fully saturated rings. The number of alkyl halides is 1. The third-order valence-electron chi connectivity index (χ3n) is 9.07. The summed E-state index contributed by atoms with van der Waals surface area (Å²) in [5, 5.41) is 18.3. The van der Waals surface area contributed by atoms with E-state index in [-0.39, 0.29) is 60.7 Å². The van der Waals surface area contributed by atoms with Crippen LogP contribution in [0.3, 0.4) is 0 Å². The molecule has 3 saturated heterocycles. The van der Waals surface area contributed by atoms with Crippen LogP contribution in [0.1, 0.15) is 13.3 Å². The number of halogens is 1. The number of amides is 3. The van der Waals surface area contributed by atoms with E-state index in [0.717, 1.165) is 5.52 Å². The van der Waals surface area contributed by atoms with Crippen molar-refractivity contribution in [3.05, 3.63) is 73.8 Å². The molecule has 0 radical (unpaired) electrons. The van der Waals surface area contributed by atoms with Gasteiger partial charge in [-0.15, -0.1) is 30.0 Å². The van der Waals surface area contributed by atoms with Crippen molar-refractivity contribution in [3.8, 4) is 5.75 Å². The average molecular weight is 710 g/mol. The van der Waals surface area contributed by atoms with Crippen molar-refractivity contribution < 1.29 is 24.2 Å². The predicted octanol–water partition coefficient (Wildman–Crippen LogP) is 3.48. The number of hydrogen-bond donors (Lipinski definition) is 1. The maximum Gasteiger partial charge on any atom is 0.248 e. The van der Waals surface area contributed by atoms with Crippen molar-refractivity contribution in [2.24, 2.45) is 11.8 Å². The number of carbonyl (C=O) groups is 3. The SMILES string of the molecule is C=CCN(Cn1nnc2ccccc21)C(=O)C1N(CCO)C(=O)[C@@H]2[C@@H](C(=O)N(CC=C)c3ccc(OCC)cc3)[C@@H]3SC12CC3Br. The number of aliphatic hydroxyl groups is 1. The van der Waals surface area contributed by atoms with Gasteiger partial charge in [-0.25, -0.2) is 4.68 Å². The molecular formula is C33H37BrN6O5S. The van der Waals surface area contributed by atoms with Gasteiger partial charge in [0.2, 0.25) is 17.7 Å². The number of thioether (sulfide) groups is 1. The molecule has 3 aliphatic heterocycles. The van der Waals surface area contributed by atoms with Gasteiger partial charge in [0.05, 0.1) is 35.3 Å². The van der Waals surface area contributed by atoms with Crippen molar-refractivity contribution in [1.29, 1.82) is 0 Å². The molecule has 3 amide bonds. The number of rotatable bonds is 13. The first-order chi connectivity index (χ1) is 22.3. The minimum absolute atomic E-state index is 0.0178. The van der Waals surface area contributed by atoms with Crippen LogP contribution >= 0.6 is 27.7 Å². The van der Waals surface area contributed by atoms with Gasteiger partial charge in [-0.05, 0) is 49.7 Å². The minimum atomic E-state index is -0.891. The molecule has 1 aromatic heterocycles. The van der Waals surface area contributed by atoms with Crippen LogP contribution in [0, 0.1) is 11.8 Å². The second kappa shape index (κ2) is 13.2. The fourth-order valence-electron chi connectivity index (χ4n) is 7.29. The molecule has 1 spiro atoms. The van der Waals surface area contributed by atoms with Crippen LogP contribution in [0.4, 0.5) is 5.69 Å².